The van der Waals surface area contributed by atoms with Gasteiger partial charge in [0.25, 0.3) is 11.8 Å². The summed E-state index contributed by atoms with van der Waals surface area (Å²) in [6.07, 6.45) is 0.685. The maximum absolute atomic E-state index is 13.2. The standard InChI is InChI=1S/C23H23ClN2O4/c1-15-16-8-5-10-19(29-2)21(16)30-20(15)23(28)26-12-6-11-25(13-14-26)22(27)17-7-3-4-9-18(17)24/h3-5,7-10H,6,11-14H2,1-2H3. The number of amides is 2. The quantitative estimate of drug-likeness (QED) is 0.623. The molecule has 0 radical (unpaired) electrons. The van der Waals surface area contributed by atoms with Crippen LogP contribution in [0, 0.1) is 6.92 Å². The first-order valence-electron chi connectivity index (χ1n) is 9.90. The summed E-state index contributed by atoms with van der Waals surface area (Å²) >= 11 is 6.18. The first kappa shape index (κ1) is 20.3. The highest BCUT2D eigenvalue weighted by Crippen LogP contribution is 2.33. The van der Waals surface area contributed by atoms with Crippen LogP contribution in [0.3, 0.4) is 0 Å². The smallest absolute Gasteiger partial charge is 0.289 e. The molecule has 2 aromatic carbocycles. The predicted molar refractivity (Wildman–Crippen MR) is 115 cm³/mol. The molecule has 1 aliphatic rings. The summed E-state index contributed by atoms with van der Waals surface area (Å²) in [6.45, 7) is 3.88. The number of carbonyl (C=O) groups excluding carboxylic acids is 2. The Balaban J connectivity index is 1.53. The number of benzene rings is 2. The van der Waals surface area contributed by atoms with Crippen LogP contribution in [0.15, 0.2) is 46.9 Å². The molecule has 0 aliphatic carbocycles. The second-order valence-electron chi connectivity index (χ2n) is 7.31. The number of hydrogen-bond acceptors (Lipinski definition) is 4. The molecule has 1 saturated heterocycles. The predicted octanol–water partition coefficient (Wildman–Crippen LogP) is 4.39. The molecular weight excluding hydrogens is 404 g/mol. The van der Waals surface area contributed by atoms with Gasteiger partial charge in [-0.25, -0.2) is 0 Å². The zero-order valence-corrected chi connectivity index (χ0v) is 17.7. The van der Waals surface area contributed by atoms with Crippen molar-refractivity contribution in [1.82, 2.24) is 9.80 Å². The minimum atomic E-state index is -0.169. The molecule has 30 heavy (non-hydrogen) atoms. The molecule has 0 N–H and O–H groups in total. The fourth-order valence-corrected chi connectivity index (χ4v) is 4.07. The van der Waals surface area contributed by atoms with E-state index in [1.807, 2.05) is 25.1 Å². The van der Waals surface area contributed by atoms with Gasteiger partial charge in [0.2, 0.25) is 0 Å². The number of ether oxygens (including phenoxy) is 1. The molecule has 2 heterocycles. The first-order valence-corrected chi connectivity index (χ1v) is 10.3. The molecule has 0 spiro atoms. The summed E-state index contributed by atoms with van der Waals surface area (Å²) in [5.74, 6) is 0.639. The molecule has 0 bridgehead atoms. The molecular formula is C23H23ClN2O4. The molecule has 6 nitrogen and oxygen atoms in total. The second-order valence-corrected chi connectivity index (χ2v) is 7.72. The fraction of sp³-hybridized carbons (Fsp3) is 0.304. The van der Waals surface area contributed by atoms with Crippen LogP contribution in [0.2, 0.25) is 5.02 Å². The zero-order chi connectivity index (χ0) is 21.3. The average Bonchev–Trinajstić information content (AvgIpc) is 2.94. The van der Waals surface area contributed by atoms with Crippen molar-refractivity contribution < 1.29 is 18.7 Å². The number of rotatable bonds is 3. The lowest BCUT2D eigenvalue weighted by Crippen LogP contribution is -2.37. The van der Waals surface area contributed by atoms with Crippen LogP contribution in [0.4, 0.5) is 0 Å². The zero-order valence-electron chi connectivity index (χ0n) is 17.0. The van der Waals surface area contributed by atoms with Crippen molar-refractivity contribution in [2.24, 2.45) is 0 Å². The molecule has 156 valence electrons. The van der Waals surface area contributed by atoms with Crippen LogP contribution in [-0.2, 0) is 0 Å². The highest BCUT2D eigenvalue weighted by Gasteiger charge is 2.28. The summed E-state index contributed by atoms with van der Waals surface area (Å²) in [5.41, 5.74) is 1.85. The first-order chi connectivity index (χ1) is 14.5. The number of hydrogen-bond donors (Lipinski definition) is 0. The van der Waals surface area contributed by atoms with Crippen molar-refractivity contribution in [2.45, 2.75) is 13.3 Å². The lowest BCUT2D eigenvalue weighted by atomic mass is 10.1. The Hall–Kier alpha value is -2.99. The van der Waals surface area contributed by atoms with Crippen LogP contribution in [0.1, 0.15) is 32.9 Å². The minimum Gasteiger partial charge on any atom is -0.493 e. The lowest BCUT2D eigenvalue weighted by molar-refractivity contribution is 0.0701. The van der Waals surface area contributed by atoms with Gasteiger partial charge in [-0.2, -0.15) is 0 Å². The molecule has 0 saturated carbocycles. The van der Waals surface area contributed by atoms with Crippen molar-refractivity contribution in [2.75, 3.05) is 33.3 Å². The molecule has 4 rings (SSSR count). The average molecular weight is 427 g/mol. The van der Waals surface area contributed by atoms with Gasteiger partial charge < -0.3 is 19.0 Å². The van der Waals surface area contributed by atoms with Crippen LogP contribution in [0.5, 0.6) is 5.75 Å². The molecule has 0 atom stereocenters. The van der Waals surface area contributed by atoms with E-state index in [9.17, 15) is 9.59 Å². The Morgan fingerprint density at radius 3 is 2.37 bits per heavy atom. The van der Waals surface area contributed by atoms with Crippen molar-refractivity contribution in [3.8, 4) is 5.75 Å². The summed E-state index contributed by atoms with van der Waals surface area (Å²) in [5, 5.41) is 1.30. The van der Waals surface area contributed by atoms with Gasteiger partial charge in [-0.1, -0.05) is 35.9 Å². The maximum atomic E-state index is 13.2. The highest BCUT2D eigenvalue weighted by molar-refractivity contribution is 6.33. The number of furan rings is 1. The Morgan fingerprint density at radius 1 is 0.967 bits per heavy atom. The van der Waals surface area contributed by atoms with Gasteiger partial charge in [0.05, 0.1) is 17.7 Å². The largest absolute Gasteiger partial charge is 0.493 e. The van der Waals surface area contributed by atoms with Crippen molar-refractivity contribution in [3.05, 3.63) is 64.4 Å². The third-order valence-electron chi connectivity index (χ3n) is 5.52. The summed E-state index contributed by atoms with van der Waals surface area (Å²) in [4.78, 5) is 29.6. The third-order valence-corrected chi connectivity index (χ3v) is 5.85. The summed E-state index contributed by atoms with van der Waals surface area (Å²) < 4.78 is 11.3. The van der Waals surface area contributed by atoms with E-state index in [-0.39, 0.29) is 11.8 Å². The number of aryl methyl sites for hydroxylation is 1. The van der Waals surface area contributed by atoms with E-state index >= 15 is 0 Å². The van der Waals surface area contributed by atoms with Gasteiger partial charge in [-0.05, 0) is 31.5 Å². The van der Waals surface area contributed by atoms with Crippen LogP contribution < -0.4 is 4.74 Å². The summed E-state index contributed by atoms with van der Waals surface area (Å²) in [6, 6.07) is 12.6. The van der Waals surface area contributed by atoms with Crippen LogP contribution >= 0.6 is 11.6 Å². The van der Waals surface area contributed by atoms with E-state index in [1.54, 1.807) is 41.2 Å². The van der Waals surface area contributed by atoms with Gasteiger partial charge in [0.1, 0.15) is 0 Å². The topological polar surface area (TPSA) is 63.0 Å². The monoisotopic (exact) mass is 426 g/mol. The molecule has 1 fully saturated rings. The SMILES string of the molecule is COc1cccc2c(C)c(C(=O)N3CCCN(C(=O)c4ccccc4Cl)CC3)oc12. The van der Waals surface area contributed by atoms with E-state index in [1.165, 1.54) is 0 Å². The van der Waals surface area contributed by atoms with E-state index in [4.69, 9.17) is 20.8 Å². The number of carbonyl (C=O) groups is 2. The Kier molecular flexibility index (Phi) is 5.68. The number of methoxy groups -OCH3 is 1. The molecule has 0 unspecified atom stereocenters. The van der Waals surface area contributed by atoms with Crippen molar-refractivity contribution in [1.29, 1.82) is 0 Å². The third kappa shape index (κ3) is 3.63. The van der Waals surface area contributed by atoms with Crippen LogP contribution in [0.25, 0.3) is 11.0 Å². The van der Waals surface area contributed by atoms with Crippen molar-refractivity contribution in [3.63, 3.8) is 0 Å². The number of para-hydroxylation sites is 1. The molecule has 1 aromatic heterocycles. The summed E-state index contributed by atoms with van der Waals surface area (Å²) in [7, 11) is 1.58. The van der Waals surface area contributed by atoms with Gasteiger partial charge in [-0.3, -0.25) is 9.59 Å². The minimum absolute atomic E-state index is 0.112. The normalized spacial score (nSPS) is 14.6. The number of nitrogens with zero attached hydrogens (tertiary/aromatic N) is 2. The lowest BCUT2D eigenvalue weighted by Gasteiger charge is -2.22. The van der Waals surface area contributed by atoms with Crippen LogP contribution in [-0.4, -0.2) is 54.9 Å². The van der Waals surface area contributed by atoms with E-state index in [0.29, 0.717) is 60.3 Å². The Morgan fingerprint density at radius 2 is 1.67 bits per heavy atom. The highest BCUT2D eigenvalue weighted by atomic mass is 35.5. The van der Waals surface area contributed by atoms with E-state index < -0.39 is 0 Å². The van der Waals surface area contributed by atoms with Gasteiger partial charge in [0.15, 0.2) is 17.1 Å². The van der Waals surface area contributed by atoms with E-state index in [2.05, 4.69) is 0 Å². The number of halogens is 1. The maximum Gasteiger partial charge on any atom is 0.289 e. The van der Waals surface area contributed by atoms with Crippen molar-refractivity contribution >= 4 is 34.4 Å². The molecule has 2 amide bonds. The fourth-order valence-electron chi connectivity index (χ4n) is 3.85. The van der Waals surface area contributed by atoms with Gasteiger partial charge in [0, 0.05) is 37.1 Å². The Labute approximate surface area is 180 Å². The van der Waals surface area contributed by atoms with Gasteiger partial charge in [-0.15, -0.1) is 0 Å². The number of fused-ring (bicyclic) bond motifs is 1. The van der Waals surface area contributed by atoms with E-state index in [0.717, 1.165) is 10.9 Å². The molecule has 1 aliphatic heterocycles. The second kappa shape index (κ2) is 8.40. The molecule has 3 aromatic rings. The van der Waals surface area contributed by atoms with Gasteiger partial charge >= 0.3 is 0 Å². The Bertz CT molecular complexity index is 1110. The molecule has 7 heteroatoms.